The quantitative estimate of drug-likeness (QED) is 0.926. The SMILES string of the molecule is CC1CC(c2ccccc2)CN1C(=O)CCC1CCNCC1. The zero-order valence-electron chi connectivity index (χ0n) is 13.6. The van der Waals surface area contributed by atoms with Crippen LogP contribution < -0.4 is 5.32 Å². The van der Waals surface area contributed by atoms with Crippen molar-refractivity contribution in [3.63, 3.8) is 0 Å². The molecule has 0 bridgehead atoms. The summed E-state index contributed by atoms with van der Waals surface area (Å²) in [6, 6.07) is 11.0. The van der Waals surface area contributed by atoms with Crippen LogP contribution in [0.3, 0.4) is 0 Å². The number of hydrogen-bond donors (Lipinski definition) is 1. The Morgan fingerprint density at radius 3 is 2.68 bits per heavy atom. The molecule has 2 fully saturated rings. The van der Waals surface area contributed by atoms with Gasteiger partial charge in [-0.25, -0.2) is 0 Å². The summed E-state index contributed by atoms with van der Waals surface area (Å²) >= 11 is 0. The fraction of sp³-hybridized carbons (Fsp3) is 0.632. The molecule has 1 aromatic carbocycles. The summed E-state index contributed by atoms with van der Waals surface area (Å²) in [7, 11) is 0. The Morgan fingerprint density at radius 2 is 1.95 bits per heavy atom. The Labute approximate surface area is 134 Å². The van der Waals surface area contributed by atoms with Crippen molar-refractivity contribution < 1.29 is 4.79 Å². The van der Waals surface area contributed by atoms with Gasteiger partial charge in [-0.2, -0.15) is 0 Å². The van der Waals surface area contributed by atoms with Crippen LogP contribution in [0.4, 0.5) is 0 Å². The van der Waals surface area contributed by atoms with Crippen molar-refractivity contribution in [3.8, 4) is 0 Å². The first kappa shape index (κ1) is 15.5. The molecule has 3 nitrogen and oxygen atoms in total. The maximum Gasteiger partial charge on any atom is 0.222 e. The third kappa shape index (κ3) is 3.70. The van der Waals surface area contributed by atoms with Crippen LogP contribution in [0.25, 0.3) is 0 Å². The highest BCUT2D eigenvalue weighted by Gasteiger charge is 2.33. The number of benzene rings is 1. The van der Waals surface area contributed by atoms with Gasteiger partial charge in [-0.05, 0) is 57.2 Å². The van der Waals surface area contributed by atoms with Gasteiger partial charge in [-0.1, -0.05) is 30.3 Å². The van der Waals surface area contributed by atoms with Gasteiger partial charge < -0.3 is 10.2 Å². The summed E-state index contributed by atoms with van der Waals surface area (Å²) in [6.45, 7) is 5.34. The molecule has 2 aliphatic heterocycles. The molecule has 0 spiro atoms. The van der Waals surface area contributed by atoms with Gasteiger partial charge >= 0.3 is 0 Å². The topological polar surface area (TPSA) is 32.3 Å². The molecule has 2 heterocycles. The van der Waals surface area contributed by atoms with Crippen LogP contribution in [0.15, 0.2) is 30.3 Å². The molecule has 120 valence electrons. The van der Waals surface area contributed by atoms with Gasteiger partial charge in [-0.3, -0.25) is 4.79 Å². The molecule has 1 amide bonds. The minimum atomic E-state index is 0.365. The highest BCUT2D eigenvalue weighted by molar-refractivity contribution is 5.77. The summed E-state index contributed by atoms with van der Waals surface area (Å²) in [6.07, 6.45) is 5.37. The molecule has 3 rings (SSSR count). The first-order valence-electron chi connectivity index (χ1n) is 8.79. The van der Waals surface area contributed by atoms with E-state index >= 15 is 0 Å². The van der Waals surface area contributed by atoms with E-state index in [1.165, 1.54) is 18.4 Å². The van der Waals surface area contributed by atoms with E-state index in [9.17, 15) is 4.79 Å². The van der Waals surface area contributed by atoms with Gasteiger partial charge in [0.25, 0.3) is 0 Å². The Balaban J connectivity index is 1.52. The highest BCUT2D eigenvalue weighted by Crippen LogP contribution is 2.32. The van der Waals surface area contributed by atoms with Crippen molar-refractivity contribution >= 4 is 5.91 Å². The number of nitrogens with zero attached hydrogens (tertiary/aromatic N) is 1. The summed E-state index contributed by atoms with van der Waals surface area (Å²) in [5, 5.41) is 3.39. The van der Waals surface area contributed by atoms with Crippen molar-refractivity contribution in [1.82, 2.24) is 10.2 Å². The van der Waals surface area contributed by atoms with Gasteiger partial charge in [0, 0.05) is 24.9 Å². The average Bonchev–Trinajstić information content (AvgIpc) is 2.96. The third-order valence-electron chi connectivity index (χ3n) is 5.39. The maximum absolute atomic E-state index is 12.6. The van der Waals surface area contributed by atoms with Gasteiger partial charge in [0.1, 0.15) is 0 Å². The lowest BCUT2D eigenvalue weighted by atomic mass is 9.93. The smallest absolute Gasteiger partial charge is 0.222 e. The lowest BCUT2D eigenvalue weighted by Gasteiger charge is -2.25. The minimum absolute atomic E-state index is 0.365. The van der Waals surface area contributed by atoms with E-state index in [2.05, 4.69) is 47.5 Å². The Kier molecular flexibility index (Phi) is 5.14. The van der Waals surface area contributed by atoms with E-state index in [0.717, 1.165) is 44.8 Å². The fourth-order valence-electron chi connectivity index (χ4n) is 3.99. The third-order valence-corrected chi connectivity index (χ3v) is 5.39. The van der Waals surface area contributed by atoms with Crippen LogP contribution in [0.1, 0.15) is 50.5 Å². The molecule has 2 saturated heterocycles. The monoisotopic (exact) mass is 300 g/mol. The van der Waals surface area contributed by atoms with Gasteiger partial charge in [-0.15, -0.1) is 0 Å². The number of piperidine rings is 1. The molecule has 2 unspecified atom stereocenters. The molecule has 0 radical (unpaired) electrons. The van der Waals surface area contributed by atoms with Crippen molar-refractivity contribution in [2.45, 2.75) is 51.0 Å². The van der Waals surface area contributed by atoms with Gasteiger partial charge in [0.05, 0.1) is 0 Å². The fourth-order valence-corrected chi connectivity index (χ4v) is 3.99. The second-order valence-corrected chi connectivity index (χ2v) is 6.97. The van der Waals surface area contributed by atoms with Crippen LogP contribution in [-0.4, -0.2) is 36.5 Å². The number of carbonyl (C=O) groups is 1. The van der Waals surface area contributed by atoms with E-state index in [1.807, 2.05) is 0 Å². The Bertz CT molecular complexity index is 481. The molecule has 2 atom stereocenters. The predicted octanol–water partition coefficient (Wildman–Crippen LogP) is 3.17. The summed E-state index contributed by atoms with van der Waals surface area (Å²) < 4.78 is 0. The summed E-state index contributed by atoms with van der Waals surface area (Å²) in [5.74, 6) is 1.62. The molecule has 22 heavy (non-hydrogen) atoms. The first-order valence-corrected chi connectivity index (χ1v) is 8.79. The molecule has 1 aromatic rings. The average molecular weight is 300 g/mol. The summed E-state index contributed by atoms with van der Waals surface area (Å²) in [5.41, 5.74) is 1.38. The maximum atomic E-state index is 12.6. The number of rotatable bonds is 4. The lowest BCUT2D eigenvalue weighted by molar-refractivity contribution is -0.132. The Hall–Kier alpha value is -1.35. The molecule has 0 saturated carbocycles. The predicted molar refractivity (Wildman–Crippen MR) is 89.8 cm³/mol. The molecule has 0 aliphatic carbocycles. The summed E-state index contributed by atoms with van der Waals surface area (Å²) in [4.78, 5) is 14.7. The second kappa shape index (κ2) is 7.28. The molecule has 0 aromatic heterocycles. The standard InChI is InChI=1S/C19H28N2O/c1-15-13-18(17-5-3-2-4-6-17)14-21(15)19(22)8-7-16-9-11-20-12-10-16/h2-6,15-16,18,20H,7-14H2,1H3. The number of amides is 1. The van der Waals surface area contributed by atoms with E-state index in [-0.39, 0.29) is 0 Å². The first-order chi connectivity index (χ1) is 10.7. The molecule has 3 heteroatoms. The lowest BCUT2D eigenvalue weighted by Crippen LogP contribution is -2.34. The van der Waals surface area contributed by atoms with Crippen LogP contribution in [0.2, 0.25) is 0 Å². The zero-order valence-corrected chi connectivity index (χ0v) is 13.6. The van der Waals surface area contributed by atoms with Crippen LogP contribution in [0.5, 0.6) is 0 Å². The normalized spacial score (nSPS) is 26.3. The van der Waals surface area contributed by atoms with Gasteiger partial charge in [0.15, 0.2) is 0 Å². The number of likely N-dealkylation sites (tertiary alicyclic amines) is 1. The van der Waals surface area contributed by atoms with Gasteiger partial charge in [0.2, 0.25) is 5.91 Å². The molecular weight excluding hydrogens is 272 g/mol. The highest BCUT2D eigenvalue weighted by atomic mass is 16.2. The molecule has 2 aliphatic rings. The van der Waals surface area contributed by atoms with Crippen molar-refractivity contribution in [1.29, 1.82) is 0 Å². The zero-order chi connectivity index (χ0) is 15.4. The van der Waals surface area contributed by atoms with E-state index in [1.54, 1.807) is 0 Å². The minimum Gasteiger partial charge on any atom is -0.339 e. The van der Waals surface area contributed by atoms with E-state index < -0.39 is 0 Å². The molecule has 1 N–H and O–H groups in total. The molecular formula is C19H28N2O. The van der Waals surface area contributed by atoms with E-state index in [4.69, 9.17) is 0 Å². The van der Waals surface area contributed by atoms with Crippen molar-refractivity contribution in [2.75, 3.05) is 19.6 Å². The van der Waals surface area contributed by atoms with Crippen LogP contribution >= 0.6 is 0 Å². The van der Waals surface area contributed by atoms with E-state index in [0.29, 0.717) is 17.9 Å². The van der Waals surface area contributed by atoms with Crippen molar-refractivity contribution in [2.24, 2.45) is 5.92 Å². The number of carbonyl (C=O) groups excluding carboxylic acids is 1. The number of hydrogen-bond acceptors (Lipinski definition) is 2. The largest absolute Gasteiger partial charge is 0.339 e. The van der Waals surface area contributed by atoms with Crippen LogP contribution in [-0.2, 0) is 4.79 Å². The van der Waals surface area contributed by atoms with Crippen LogP contribution in [0, 0.1) is 5.92 Å². The van der Waals surface area contributed by atoms with Crippen molar-refractivity contribution in [3.05, 3.63) is 35.9 Å². The second-order valence-electron chi connectivity index (χ2n) is 6.97. The number of nitrogens with one attached hydrogen (secondary N) is 1. The Morgan fingerprint density at radius 1 is 1.23 bits per heavy atom.